The van der Waals surface area contributed by atoms with E-state index >= 15 is 0 Å². The fraction of sp³-hybridized carbons (Fsp3) is 0.400. The Balaban J connectivity index is 3.05. The van der Waals surface area contributed by atoms with Gasteiger partial charge in [0.2, 0.25) is 0 Å². The van der Waals surface area contributed by atoms with Gasteiger partial charge >= 0.3 is 0 Å². The van der Waals surface area contributed by atoms with Crippen molar-refractivity contribution < 1.29 is 0 Å². The molecular weight excluding hydrogens is 164 g/mol. The number of allylic oxidation sites excluding steroid dienone is 1. The van der Waals surface area contributed by atoms with Gasteiger partial charge in [-0.1, -0.05) is 19.9 Å². The zero-order valence-electron chi connectivity index (χ0n) is 8.03. The third-order valence-corrected chi connectivity index (χ3v) is 1.82. The molecule has 0 aromatic carbocycles. The fourth-order valence-corrected chi connectivity index (χ4v) is 1.03. The molecule has 0 saturated carbocycles. The van der Waals surface area contributed by atoms with Crippen molar-refractivity contribution in [2.75, 3.05) is 0 Å². The number of rotatable bonds is 3. The molecule has 0 saturated heterocycles. The molecule has 0 spiro atoms. The number of nitrogens with zero attached hydrogens (tertiary/aromatic N) is 2. The number of hydrogen-bond donors (Lipinski definition) is 0. The second kappa shape index (κ2) is 4.03. The van der Waals surface area contributed by atoms with E-state index in [1.165, 1.54) is 4.57 Å². The molecule has 0 radical (unpaired) electrons. The van der Waals surface area contributed by atoms with Gasteiger partial charge < -0.3 is 0 Å². The average molecular weight is 178 g/mol. The molecule has 1 rings (SSSR count). The molecule has 3 nitrogen and oxygen atoms in total. The van der Waals surface area contributed by atoms with Crippen LogP contribution in [-0.4, -0.2) is 9.55 Å². The summed E-state index contributed by atoms with van der Waals surface area (Å²) in [4.78, 5) is 15.6. The van der Waals surface area contributed by atoms with Crippen LogP contribution in [0.3, 0.4) is 0 Å². The van der Waals surface area contributed by atoms with Gasteiger partial charge in [-0.15, -0.1) is 6.58 Å². The van der Waals surface area contributed by atoms with Crippen molar-refractivity contribution in [3.05, 3.63) is 41.1 Å². The van der Waals surface area contributed by atoms with Crippen LogP contribution in [0.5, 0.6) is 0 Å². The van der Waals surface area contributed by atoms with Gasteiger partial charge in [0.05, 0.1) is 12.0 Å². The van der Waals surface area contributed by atoms with Gasteiger partial charge in [-0.2, -0.15) is 0 Å². The highest BCUT2D eigenvalue weighted by atomic mass is 16.1. The zero-order chi connectivity index (χ0) is 9.84. The van der Waals surface area contributed by atoms with Crippen molar-refractivity contribution in [1.82, 2.24) is 9.55 Å². The Morgan fingerprint density at radius 2 is 2.38 bits per heavy atom. The first-order chi connectivity index (χ1) is 6.15. The molecule has 1 heterocycles. The Morgan fingerprint density at radius 1 is 1.69 bits per heavy atom. The smallest absolute Gasteiger partial charge is 0.253 e. The lowest BCUT2D eigenvalue weighted by Crippen LogP contribution is -2.20. The van der Waals surface area contributed by atoms with Crippen molar-refractivity contribution in [2.45, 2.75) is 26.3 Å². The van der Waals surface area contributed by atoms with E-state index in [9.17, 15) is 4.79 Å². The lowest BCUT2D eigenvalue weighted by Gasteiger charge is -2.05. The Kier molecular flexibility index (Phi) is 3.01. The summed E-state index contributed by atoms with van der Waals surface area (Å²) >= 11 is 0. The van der Waals surface area contributed by atoms with E-state index in [4.69, 9.17) is 0 Å². The highest BCUT2D eigenvalue weighted by Gasteiger charge is 2.02. The molecule has 0 N–H and O–H groups in total. The van der Waals surface area contributed by atoms with Crippen LogP contribution >= 0.6 is 0 Å². The standard InChI is InChI=1S/C10H14N2O/c1-4-5-12-7-11-9(8(2)3)6-10(12)13/h4,6-8H,1,5H2,2-3H3. The monoisotopic (exact) mass is 178 g/mol. The van der Waals surface area contributed by atoms with Crippen LogP contribution in [0, 0.1) is 0 Å². The van der Waals surface area contributed by atoms with Crippen molar-refractivity contribution >= 4 is 0 Å². The summed E-state index contributed by atoms with van der Waals surface area (Å²) in [6, 6.07) is 1.58. The number of aromatic nitrogens is 2. The quantitative estimate of drug-likeness (QED) is 0.658. The first-order valence-corrected chi connectivity index (χ1v) is 4.32. The molecule has 13 heavy (non-hydrogen) atoms. The van der Waals surface area contributed by atoms with Gasteiger partial charge in [-0.25, -0.2) is 4.98 Å². The SMILES string of the molecule is C=CCn1cnc(C(C)C)cc1=O. The maximum absolute atomic E-state index is 11.4. The molecule has 3 heteroatoms. The minimum atomic E-state index is -0.0152. The Bertz CT molecular complexity index is 352. The second-order valence-electron chi connectivity index (χ2n) is 3.25. The zero-order valence-corrected chi connectivity index (χ0v) is 8.03. The largest absolute Gasteiger partial charge is 0.295 e. The maximum atomic E-state index is 11.4. The third-order valence-electron chi connectivity index (χ3n) is 1.82. The van der Waals surface area contributed by atoms with Crippen LogP contribution in [0.4, 0.5) is 0 Å². The van der Waals surface area contributed by atoms with E-state index in [1.807, 2.05) is 13.8 Å². The summed E-state index contributed by atoms with van der Waals surface area (Å²) in [7, 11) is 0. The highest BCUT2D eigenvalue weighted by Crippen LogP contribution is 2.06. The molecule has 0 unspecified atom stereocenters. The summed E-state index contributed by atoms with van der Waals surface area (Å²) in [6.45, 7) is 8.11. The molecule has 0 amide bonds. The van der Waals surface area contributed by atoms with E-state index in [-0.39, 0.29) is 5.56 Å². The molecule has 1 aromatic heterocycles. The van der Waals surface area contributed by atoms with Crippen molar-refractivity contribution in [3.63, 3.8) is 0 Å². The molecule has 0 aliphatic rings. The first kappa shape index (κ1) is 9.71. The van der Waals surface area contributed by atoms with Gasteiger partial charge in [0.15, 0.2) is 0 Å². The van der Waals surface area contributed by atoms with Crippen LogP contribution < -0.4 is 5.56 Å². The predicted molar refractivity (Wildman–Crippen MR) is 52.8 cm³/mol. The Hall–Kier alpha value is -1.38. The molecule has 0 atom stereocenters. The molecule has 1 aromatic rings. The average Bonchev–Trinajstić information content (AvgIpc) is 2.08. The first-order valence-electron chi connectivity index (χ1n) is 4.32. The van der Waals surface area contributed by atoms with Gasteiger partial charge in [-0.05, 0) is 5.92 Å². The van der Waals surface area contributed by atoms with Crippen LogP contribution in [0.2, 0.25) is 0 Å². The van der Waals surface area contributed by atoms with Gasteiger partial charge in [-0.3, -0.25) is 9.36 Å². The lowest BCUT2D eigenvalue weighted by molar-refractivity contribution is 0.718. The topological polar surface area (TPSA) is 34.9 Å². The Labute approximate surface area is 77.7 Å². The van der Waals surface area contributed by atoms with Crippen LogP contribution in [0.25, 0.3) is 0 Å². The van der Waals surface area contributed by atoms with E-state index in [0.717, 1.165) is 5.69 Å². The van der Waals surface area contributed by atoms with E-state index in [0.29, 0.717) is 12.5 Å². The second-order valence-corrected chi connectivity index (χ2v) is 3.25. The normalized spacial score (nSPS) is 10.4. The summed E-state index contributed by atoms with van der Waals surface area (Å²) in [5.74, 6) is 0.297. The molecule has 0 fully saturated rings. The van der Waals surface area contributed by atoms with Gasteiger partial charge in [0.1, 0.15) is 0 Å². The summed E-state index contributed by atoms with van der Waals surface area (Å²) in [5.41, 5.74) is 0.823. The van der Waals surface area contributed by atoms with Gasteiger partial charge in [0.25, 0.3) is 5.56 Å². The molecule has 0 bridgehead atoms. The van der Waals surface area contributed by atoms with Crippen LogP contribution in [-0.2, 0) is 6.54 Å². The molecule has 0 aliphatic heterocycles. The third kappa shape index (κ3) is 2.28. The Morgan fingerprint density at radius 3 is 2.85 bits per heavy atom. The molecule has 0 aliphatic carbocycles. The minimum absolute atomic E-state index is 0.0152. The van der Waals surface area contributed by atoms with E-state index in [2.05, 4.69) is 11.6 Å². The van der Waals surface area contributed by atoms with E-state index < -0.39 is 0 Å². The van der Waals surface area contributed by atoms with Crippen LogP contribution in [0.15, 0.2) is 29.8 Å². The van der Waals surface area contributed by atoms with Gasteiger partial charge in [0, 0.05) is 12.6 Å². The molecular formula is C10H14N2O. The van der Waals surface area contributed by atoms with Crippen LogP contribution in [0.1, 0.15) is 25.5 Å². The summed E-state index contributed by atoms with van der Waals surface area (Å²) < 4.78 is 1.53. The van der Waals surface area contributed by atoms with Crippen molar-refractivity contribution in [3.8, 4) is 0 Å². The minimum Gasteiger partial charge on any atom is -0.295 e. The highest BCUT2D eigenvalue weighted by molar-refractivity contribution is 5.04. The summed E-state index contributed by atoms with van der Waals surface area (Å²) in [6.07, 6.45) is 3.25. The lowest BCUT2D eigenvalue weighted by atomic mass is 10.1. The van der Waals surface area contributed by atoms with Crippen molar-refractivity contribution in [1.29, 1.82) is 0 Å². The predicted octanol–water partition coefficient (Wildman–Crippen LogP) is 1.55. The maximum Gasteiger partial charge on any atom is 0.253 e. The van der Waals surface area contributed by atoms with E-state index in [1.54, 1.807) is 18.5 Å². The fourth-order valence-electron chi connectivity index (χ4n) is 1.03. The van der Waals surface area contributed by atoms with Crippen molar-refractivity contribution in [2.24, 2.45) is 0 Å². The molecule has 70 valence electrons. The number of hydrogen-bond acceptors (Lipinski definition) is 2. The summed E-state index contributed by atoms with van der Waals surface area (Å²) in [5, 5.41) is 0.